The summed E-state index contributed by atoms with van der Waals surface area (Å²) < 4.78 is 7.65. The van der Waals surface area contributed by atoms with Crippen molar-refractivity contribution in [3.05, 3.63) is 71.3 Å². The number of thioether (sulfide) groups is 1. The number of amides is 1. The number of rotatable bonds is 8. The summed E-state index contributed by atoms with van der Waals surface area (Å²) in [5.41, 5.74) is 3.14. The lowest BCUT2D eigenvalue weighted by Gasteiger charge is -2.10. The summed E-state index contributed by atoms with van der Waals surface area (Å²) in [6.45, 7) is 2.23. The Balaban J connectivity index is 1.73. The minimum atomic E-state index is -1.12. The van der Waals surface area contributed by atoms with Gasteiger partial charge in [-0.1, -0.05) is 49.1 Å². The maximum atomic E-state index is 12.8. The second-order valence-corrected chi connectivity index (χ2v) is 8.92. The second kappa shape index (κ2) is 10.0. The van der Waals surface area contributed by atoms with Gasteiger partial charge in [0.2, 0.25) is 0 Å². The van der Waals surface area contributed by atoms with E-state index in [1.54, 1.807) is 10.8 Å². The third kappa shape index (κ3) is 5.15. The van der Waals surface area contributed by atoms with Crippen LogP contribution < -0.4 is 4.74 Å². The van der Waals surface area contributed by atoms with E-state index in [1.165, 1.54) is 0 Å². The number of carbonyl (C=O) groups excluding carboxylic acids is 1. The number of carboxylic acid groups (broad SMARTS) is 1. The Labute approximate surface area is 200 Å². The fourth-order valence-electron chi connectivity index (χ4n) is 3.27. The second-order valence-electron chi connectivity index (χ2n) is 7.25. The van der Waals surface area contributed by atoms with Gasteiger partial charge >= 0.3 is 5.97 Å². The van der Waals surface area contributed by atoms with Crippen molar-refractivity contribution < 1.29 is 19.4 Å². The van der Waals surface area contributed by atoms with E-state index in [0.29, 0.717) is 17.2 Å². The van der Waals surface area contributed by atoms with Gasteiger partial charge in [-0.2, -0.15) is 5.10 Å². The topological polar surface area (TPSA) is 84.7 Å². The number of hydrogen-bond acceptors (Lipinski definition) is 6. The van der Waals surface area contributed by atoms with Gasteiger partial charge in [0.1, 0.15) is 16.6 Å². The first-order valence-electron chi connectivity index (χ1n) is 10.3. The molecular weight excluding hydrogens is 458 g/mol. The molecule has 1 aromatic heterocycles. The van der Waals surface area contributed by atoms with Crippen LogP contribution in [0.15, 0.2) is 65.7 Å². The zero-order valence-electron chi connectivity index (χ0n) is 17.8. The summed E-state index contributed by atoms with van der Waals surface area (Å²) in [4.78, 5) is 25.3. The van der Waals surface area contributed by atoms with E-state index in [1.807, 2.05) is 60.8 Å². The molecule has 0 saturated carbocycles. The zero-order chi connectivity index (χ0) is 23.4. The molecule has 1 amide bonds. The summed E-state index contributed by atoms with van der Waals surface area (Å²) in [6, 6.07) is 17.3. The summed E-state index contributed by atoms with van der Waals surface area (Å²) in [5, 5.41) is 13.8. The van der Waals surface area contributed by atoms with Crippen molar-refractivity contribution in [1.29, 1.82) is 0 Å². The van der Waals surface area contributed by atoms with Crippen LogP contribution in [0.5, 0.6) is 5.75 Å². The average Bonchev–Trinajstić information content (AvgIpc) is 3.35. The largest absolute Gasteiger partial charge is 0.494 e. The SMILES string of the molecule is CCCOc1ccc(-c2nn(-c3ccccc3)cc2C=C2SC(=S)N(CC(=O)O)C2=O)cc1. The van der Waals surface area contributed by atoms with Crippen LogP contribution in [0.3, 0.4) is 0 Å². The molecule has 0 atom stereocenters. The molecule has 0 aliphatic carbocycles. The fourth-order valence-corrected chi connectivity index (χ4v) is 4.52. The molecule has 0 radical (unpaired) electrons. The number of aliphatic carboxylic acids is 1. The van der Waals surface area contributed by atoms with Crippen LogP contribution in [0.4, 0.5) is 0 Å². The third-order valence-electron chi connectivity index (χ3n) is 4.82. The number of benzene rings is 2. The minimum Gasteiger partial charge on any atom is -0.494 e. The Morgan fingerprint density at radius 3 is 2.58 bits per heavy atom. The molecule has 1 aliphatic rings. The van der Waals surface area contributed by atoms with Gasteiger partial charge in [0, 0.05) is 17.3 Å². The van der Waals surface area contributed by atoms with Crippen molar-refractivity contribution in [3.8, 4) is 22.7 Å². The molecule has 2 heterocycles. The van der Waals surface area contributed by atoms with E-state index < -0.39 is 18.4 Å². The van der Waals surface area contributed by atoms with E-state index in [4.69, 9.17) is 27.2 Å². The number of nitrogens with zero attached hydrogens (tertiary/aromatic N) is 3. The molecule has 2 aromatic carbocycles. The molecule has 1 saturated heterocycles. The summed E-state index contributed by atoms with van der Waals surface area (Å²) >= 11 is 6.30. The first-order valence-corrected chi connectivity index (χ1v) is 11.5. The fraction of sp³-hybridized carbons (Fsp3) is 0.167. The molecule has 0 bridgehead atoms. The molecule has 1 fully saturated rings. The number of aromatic nitrogens is 2. The van der Waals surface area contributed by atoms with E-state index in [2.05, 4.69) is 6.92 Å². The molecule has 9 heteroatoms. The average molecular weight is 480 g/mol. The van der Waals surface area contributed by atoms with Crippen molar-refractivity contribution in [2.45, 2.75) is 13.3 Å². The third-order valence-corrected chi connectivity index (χ3v) is 6.20. The molecule has 3 aromatic rings. The highest BCUT2D eigenvalue weighted by atomic mass is 32.2. The molecule has 4 rings (SSSR count). The smallest absolute Gasteiger partial charge is 0.323 e. The quantitative estimate of drug-likeness (QED) is 0.373. The Bertz CT molecular complexity index is 1220. The Hall–Kier alpha value is -3.43. The number of para-hydroxylation sites is 1. The Morgan fingerprint density at radius 2 is 1.91 bits per heavy atom. The first-order chi connectivity index (χ1) is 16.0. The van der Waals surface area contributed by atoms with E-state index in [9.17, 15) is 9.59 Å². The molecule has 0 spiro atoms. The maximum Gasteiger partial charge on any atom is 0.323 e. The molecule has 168 valence electrons. The van der Waals surface area contributed by atoms with Crippen molar-refractivity contribution >= 4 is 46.3 Å². The number of ether oxygens (including phenoxy) is 1. The van der Waals surface area contributed by atoms with Crippen molar-refractivity contribution in [1.82, 2.24) is 14.7 Å². The highest BCUT2D eigenvalue weighted by Crippen LogP contribution is 2.35. The van der Waals surface area contributed by atoms with Gasteiger partial charge in [-0.15, -0.1) is 0 Å². The Kier molecular flexibility index (Phi) is 6.90. The van der Waals surface area contributed by atoms with Crippen LogP contribution in [0.25, 0.3) is 23.0 Å². The lowest BCUT2D eigenvalue weighted by Crippen LogP contribution is -2.33. The molecule has 33 heavy (non-hydrogen) atoms. The van der Waals surface area contributed by atoms with Crippen LogP contribution in [-0.4, -0.2) is 49.1 Å². The van der Waals surface area contributed by atoms with Crippen molar-refractivity contribution in [2.75, 3.05) is 13.2 Å². The maximum absolute atomic E-state index is 12.8. The van der Waals surface area contributed by atoms with Gasteiger partial charge in [-0.25, -0.2) is 4.68 Å². The van der Waals surface area contributed by atoms with E-state index >= 15 is 0 Å². The number of carbonyl (C=O) groups is 2. The normalized spacial score (nSPS) is 14.8. The highest BCUT2D eigenvalue weighted by Gasteiger charge is 2.33. The van der Waals surface area contributed by atoms with Gasteiger partial charge in [0.15, 0.2) is 0 Å². The molecule has 1 N–H and O–H groups in total. The zero-order valence-corrected chi connectivity index (χ0v) is 19.4. The van der Waals surface area contributed by atoms with Crippen molar-refractivity contribution in [3.63, 3.8) is 0 Å². The van der Waals surface area contributed by atoms with Gasteiger partial charge in [0.05, 0.1) is 22.9 Å². The standard InChI is InChI=1S/C24H21N3O4S2/c1-2-12-31-19-10-8-16(9-11-19)22-17(14-27(25-22)18-6-4-3-5-7-18)13-20-23(30)26(15-21(28)29)24(32)33-20/h3-11,13-14H,2,12,15H2,1H3,(H,28,29). The number of hydrogen-bond donors (Lipinski definition) is 1. The van der Waals surface area contributed by atoms with Crippen molar-refractivity contribution in [2.24, 2.45) is 0 Å². The minimum absolute atomic E-state index is 0.225. The molecule has 0 unspecified atom stereocenters. The van der Waals surface area contributed by atoms with E-state index in [0.717, 1.165) is 45.6 Å². The van der Waals surface area contributed by atoms with Crippen LogP contribution in [0.1, 0.15) is 18.9 Å². The molecular formula is C24H21N3O4S2. The van der Waals surface area contributed by atoms with Crippen LogP contribution in [0.2, 0.25) is 0 Å². The van der Waals surface area contributed by atoms with Gasteiger partial charge in [0.25, 0.3) is 5.91 Å². The summed E-state index contributed by atoms with van der Waals surface area (Å²) in [5.74, 6) is -0.760. The molecule has 1 aliphatic heterocycles. The van der Waals surface area contributed by atoms with Gasteiger partial charge in [-0.05, 0) is 48.9 Å². The highest BCUT2D eigenvalue weighted by molar-refractivity contribution is 8.26. The van der Waals surface area contributed by atoms with Crippen LogP contribution >= 0.6 is 24.0 Å². The monoisotopic (exact) mass is 479 g/mol. The number of carboxylic acids is 1. The van der Waals surface area contributed by atoms with Crippen LogP contribution in [0, 0.1) is 0 Å². The van der Waals surface area contributed by atoms with E-state index in [-0.39, 0.29) is 4.32 Å². The molecule has 7 nitrogen and oxygen atoms in total. The first kappa shape index (κ1) is 22.8. The summed E-state index contributed by atoms with van der Waals surface area (Å²) in [6.07, 6.45) is 4.48. The van der Waals surface area contributed by atoms with Gasteiger partial charge < -0.3 is 9.84 Å². The number of thiocarbonyl (C=S) groups is 1. The lowest BCUT2D eigenvalue weighted by atomic mass is 10.1. The van der Waals surface area contributed by atoms with Gasteiger partial charge in [-0.3, -0.25) is 14.5 Å². The lowest BCUT2D eigenvalue weighted by molar-refractivity contribution is -0.140. The predicted molar refractivity (Wildman–Crippen MR) is 132 cm³/mol. The van der Waals surface area contributed by atoms with Crippen LogP contribution in [-0.2, 0) is 9.59 Å². The Morgan fingerprint density at radius 1 is 1.18 bits per heavy atom. The predicted octanol–water partition coefficient (Wildman–Crippen LogP) is 4.61. The summed E-state index contributed by atoms with van der Waals surface area (Å²) in [7, 11) is 0.